The van der Waals surface area contributed by atoms with E-state index in [1.807, 2.05) is 69.3 Å². The fourth-order valence-corrected chi connectivity index (χ4v) is 8.55. The van der Waals surface area contributed by atoms with Gasteiger partial charge in [-0.2, -0.15) is 0 Å². The van der Waals surface area contributed by atoms with Crippen LogP contribution in [0.4, 0.5) is 5.69 Å². The van der Waals surface area contributed by atoms with E-state index in [2.05, 4.69) is 13.2 Å². The molecule has 8 nitrogen and oxygen atoms in total. The van der Waals surface area contributed by atoms with E-state index in [1.165, 1.54) is 0 Å². The third-order valence-electron chi connectivity index (χ3n) is 10.7. The first-order chi connectivity index (χ1) is 22.7. The summed E-state index contributed by atoms with van der Waals surface area (Å²) in [5.41, 5.74) is 1.79. The molecule has 8 heteroatoms. The van der Waals surface area contributed by atoms with Crippen LogP contribution in [0.3, 0.4) is 0 Å². The molecule has 2 aromatic carbocycles. The highest BCUT2D eigenvalue weighted by Gasteiger charge is 2.79. The zero-order valence-corrected chi connectivity index (χ0v) is 28.3. The lowest BCUT2D eigenvalue weighted by atomic mass is 9.64. The van der Waals surface area contributed by atoms with Crippen LogP contribution in [0, 0.1) is 25.7 Å². The van der Waals surface area contributed by atoms with Crippen molar-refractivity contribution in [3.63, 3.8) is 0 Å². The largest absolute Gasteiger partial charge is 0.396 e. The Morgan fingerprint density at radius 3 is 2.28 bits per heavy atom. The lowest BCUT2D eigenvalue weighted by Crippen LogP contribution is -2.57. The second-order valence-corrected chi connectivity index (χ2v) is 13.5. The number of nitrogens with zero attached hydrogens (tertiary/aromatic N) is 3. The van der Waals surface area contributed by atoms with Gasteiger partial charge in [0.25, 0.3) is 5.91 Å². The fourth-order valence-electron chi connectivity index (χ4n) is 8.55. The first kappa shape index (κ1) is 34.6. The van der Waals surface area contributed by atoms with E-state index in [0.29, 0.717) is 51.7 Å². The summed E-state index contributed by atoms with van der Waals surface area (Å²) in [5, 5.41) is 9.30. The molecule has 0 aromatic heterocycles. The van der Waals surface area contributed by atoms with E-state index in [4.69, 9.17) is 4.74 Å². The van der Waals surface area contributed by atoms with E-state index < -0.39 is 29.1 Å². The van der Waals surface area contributed by atoms with Gasteiger partial charge in [-0.1, -0.05) is 80.4 Å². The number of aliphatic hydroxyl groups is 1. The maximum absolute atomic E-state index is 15.1. The van der Waals surface area contributed by atoms with Gasteiger partial charge in [-0.3, -0.25) is 14.4 Å². The Bertz CT molecular complexity index is 1460. The van der Waals surface area contributed by atoms with E-state index >= 15 is 4.79 Å². The first-order valence-electron chi connectivity index (χ1n) is 17.2. The minimum absolute atomic E-state index is 0.121. The molecule has 2 unspecified atom stereocenters. The van der Waals surface area contributed by atoms with Crippen LogP contribution in [-0.4, -0.2) is 76.1 Å². The van der Waals surface area contributed by atoms with Gasteiger partial charge >= 0.3 is 0 Å². The quantitative estimate of drug-likeness (QED) is 0.186. The lowest BCUT2D eigenvalue weighted by Gasteiger charge is -2.37. The van der Waals surface area contributed by atoms with Crippen molar-refractivity contribution >= 4 is 23.4 Å². The first-order valence-corrected chi connectivity index (χ1v) is 17.2. The van der Waals surface area contributed by atoms with Crippen LogP contribution in [0.5, 0.6) is 0 Å². The molecule has 0 aliphatic carbocycles. The minimum atomic E-state index is -1.11. The summed E-state index contributed by atoms with van der Waals surface area (Å²) in [4.78, 5) is 49.9. The Morgan fingerprint density at radius 2 is 1.64 bits per heavy atom. The van der Waals surface area contributed by atoms with Crippen molar-refractivity contribution in [2.45, 2.75) is 89.5 Å². The SMILES string of the molecule is C=CCN(Cc1ccccc1)C(=O)[C@H]1[C@H]2C(=O)N(CCCCCCO)C(C(=O)N(CC=C)c3c(C)cccc3C)C23CC[C@]1(CC)O3. The van der Waals surface area contributed by atoms with Crippen molar-refractivity contribution in [3.8, 4) is 0 Å². The van der Waals surface area contributed by atoms with E-state index in [0.717, 1.165) is 35.2 Å². The van der Waals surface area contributed by atoms with E-state index in [-0.39, 0.29) is 30.9 Å². The van der Waals surface area contributed by atoms with Crippen LogP contribution in [0.1, 0.15) is 68.6 Å². The van der Waals surface area contributed by atoms with Crippen molar-refractivity contribution in [1.29, 1.82) is 0 Å². The Morgan fingerprint density at radius 1 is 0.957 bits per heavy atom. The van der Waals surface area contributed by atoms with Crippen molar-refractivity contribution < 1.29 is 24.2 Å². The fraction of sp³-hybridized carbons (Fsp3) is 0.513. The summed E-state index contributed by atoms with van der Waals surface area (Å²) in [7, 11) is 0. The van der Waals surface area contributed by atoms with Crippen molar-refractivity contribution in [2.75, 3.05) is 31.1 Å². The van der Waals surface area contributed by atoms with Gasteiger partial charge in [-0.15, -0.1) is 13.2 Å². The monoisotopic (exact) mass is 641 g/mol. The van der Waals surface area contributed by atoms with E-state index in [9.17, 15) is 14.7 Å². The number of anilines is 1. The third-order valence-corrected chi connectivity index (χ3v) is 10.7. The Hall–Kier alpha value is -3.75. The molecular weight excluding hydrogens is 590 g/mol. The summed E-state index contributed by atoms with van der Waals surface area (Å²) in [6.45, 7) is 15.4. The number of hydrogen-bond acceptors (Lipinski definition) is 5. The molecule has 0 radical (unpaired) electrons. The van der Waals surface area contributed by atoms with E-state index in [1.54, 1.807) is 26.9 Å². The highest BCUT2D eigenvalue weighted by molar-refractivity contribution is 6.05. The van der Waals surface area contributed by atoms with Crippen LogP contribution >= 0.6 is 0 Å². The molecule has 3 heterocycles. The Labute approximate surface area is 280 Å². The van der Waals surface area contributed by atoms with Crippen molar-refractivity contribution in [1.82, 2.24) is 9.80 Å². The van der Waals surface area contributed by atoms with Gasteiger partial charge < -0.3 is 24.5 Å². The number of aryl methyl sites for hydroxylation is 2. The molecule has 0 saturated carbocycles. The van der Waals surface area contributed by atoms with Gasteiger partial charge in [0.15, 0.2) is 0 Å². The number of aliphatic hydroxyl groups excluding tert-OH is 1. The van der Waals surface area contributed by atoms with Crippen LogP contribution < -0.4 is 4.90 Å². The number of likely N-dealkylation sites (tertiary alicyclic amines) is 1. The summed E-state index contributed by atoms with van der Waals surface area (Å²) >= 11 is 0. The van der Waals surface area contributed by atoms with Crippen molar-refractivity contribution in [3.05, 3.63) is 90.5 Å². The number of amides is 3. The third kappa shape index (κ3) is 6.18. The molecule has 2 aromatic rings. The number of ether oxygens (including phenoxy) is 1. The Balaban J connectivity index is 1.57. The summed E-state index contributed by atoms with van der Waals surface area (Å²) in [5.74, 6) is -1.95. The summed E-state index contributed by atoms with van der Waals surface area (Å²) < 4.78 is 7.09. The number of rotatable bonds is 16. The van der Waals surface area contributed by atoms with Gasteiger partial charge in [0.1, 0.15) is 11.6 Å². The molecule has 2 bridgehead atoms. The predicted octanol–water partition coefficient (Wildman–Crippen LogP) is 5.74. The Kier molecular flexibility index (Phi) is 10.7. The van der Waals surface area contributed by atoms with Gasteiger partial charge in [0.05, 0.1) is 17.4 Å². The lowest BCUT2D eigenvalue weighted by molar-refractivity contribution is -0.151. The highest BCUT2D eigenvalue weighted by Crippen LogP contribution is 2.64. The second-order valence-electron chi connectivity index (χ2n) is 13.5. The van der Waals surface area contributed by atoms with Crippen LogP contribution in [-0.2, 0) is 25.7 Å². The molecule has 47 heavy (non-hydrogen) atoms. The van der Waals surface area contributed by atoms with Gasteiger partial charge in [0.2, 0.25) is 11.8 Å². The van der Waals surface area contributed by atoms with Crippen LogP contribution in [0.25, 0.3) is 0 Å². The molecule has 5 atom stereocenters. The number of carbonyl (C=O) groups is 3. The normalized spacial score (nSPS) is 25.9. The number of fused-ring (bicyclic) bond motifs is 1. The standard InChI is InChI=1S/C39H51N3O5/c1-6-23-40(27-30-19-12-11-13-20-30)35(44)31-32-36(45)42(25-14-9-10-15-26-43)34(39(32)22-21-38(31,8-3)47-39)37(46)41(24-7-2)33-28(4)17-16-18-29(33)5/h6-7,11-13,16-20,31-32,34,43H,1-2,8-10,14-15,21-27H2,3-5H3/t31-,32+,34?,38+,39?/m1/s1. The predicted molar refractivity (Wildman–Crippen MR) is 185 cm³/mol. The number of para-hydroxylation sites is 1. The molecule has 3 aliphatic heterocycles. The number of benzene rings is 2. The minimum Gasteiger partial charge on any atom is -0.396 e. The van der Waals surface area contributed by atoms with Crippen LogP contribution in [0.15, 0.2) is 73.8 Å². The molecule has 1 spiro atoms. The summed E-state index contributed by atoms with van der Waals surface area (Å²) in [6.07, 6.45) is 8.20. The van der Waals surface area contributed by atoms with Crippen molar-refractivity contribution in [2.24, 2.45) is 11.8 Å². The average molecular weight is 642 g/mol. The van der Waals surface area contributed by atoms with Gasteiger partial charge in [0, 0.05) is 38.5 Å². The molecule has 3 amide bonds. The molecule has 3 fully saturated rings. The average Bonchev–Trinajstić information content (AvgIpc) is 3.67. The second kappa shape index (κ2) is 14.6. The highest BCUT2D eigenvalue weighted by atomic mass is 16.5. The number of hydrogen-bond donors (Lipinski definition) is 1. The molecule has 252 valence electrons. The smallest absolute Gasteiger partial charge is 0.253 e. The van der Waals surface area contributed by atoms with Gasteiger partial charge in [-0.25, -0.2) is 0 Å². The molecule has 3 saturated heterocycles. The molecule has 1 N–H and O–H groups in total. The molecule has 5 rings (SSSR count). The maximum Gasteiger partial charge on any atom is 0.253 e. The zero-order valence-electron chi connectivity index (χ0n) is 28.3. The van der Waals surface area contributed by atoms with Gasteiger partial charge in [-0.05, 0) is 62.6 Å². The maximum atomic E-state index is 15.1. The zero-order chi connectivity index (χ0) is 33.8. The molecular formula is C39H51N3O5. The number of unbranched alkanes of at least 4 members (excludes halogenated alkanes) is 3. The summed E-state index contributed by atoms with van der Waals surface area (Å²) in [6, 6.07) is 14.9. The molecule has 3 aliphatic rings. The topological polar surface area (TPSA) is 90.4 Å². The van der Waals surface area contributed by atoms with Crippen LogP contribution in [0.2, 0.25) is 0 Å². The number of carbonyl (C=O) groups excluding carboxylic acids is 3.